The summed E-state index contributed by atoms with van der Waals surface area (Å²) in [5, 5.41) is 7.12. The number of benzene rings is 2. The highest BCUT2D eigenvalue weighted by molar-refractivity contribution is 5.93. The molecule has 0 aliphatic carbocycles. The van der Waals surface area contributed by atoms with Gasteiger partial charge in [-0.1, -0.05) is 49.0 Å². The monoisotopic (exact) mass is 511 g/mol. The summed E-state index contributed by atoms with van der Waals surface area (Å²) >= 11 is 0. The highest BCUT2D eigenvalue weighted by Crippen LogP contribution is 2.16. The summed E-state index contributed by atoms with van der Waals surface area (Å²) in [4.78, 5) is 44.0. The average molecular weight is 511 g/mol. The number of hydrogen-bond donors (Lipinski definition) is 2. The van der Waals surface area contributed by atoms with E-state index in [1.165, 1.54) is 7.11 Å². The van der Waals surface area contributed by atoms with E-state index in [4.69, 9.17) is 25.1 Å². The molecule has 0 saturated heterocycles. The van der Waals surface area contributed by atoms with E-state index in [2.05, 4.69) is 11.3 Å². The Kier molecular flexibility index (Phi) is 11.8. The molecule has 2 aromatic carbocycles. The number of nitrogens with two attached hydrogens (primary N) is 1. The molecule has 1 unspecified atom stereocenters. The molecular weight excluding hydrogens is 487 g/mol. The number of esters is 3. The molecule has 0 spiro atoms. The lowest BCUT2D eigenvalue weighted by molar-refractivity contribution is -0.192. The lowest BCUT2D eigenvalue weighted by Gasteiger charge is -2.12. The van der Waals surface area contributed by atoms with Crippen LogP contribution in [0.15, 0.2) is 66.7 Å². The third-order valence-electron chi connectivity index (χ3n) is 4.21. The van der Waals surface area contributed by atoms with Crippen LogP contribution in [0.25, 0.3) is 0 Å². The van der Waals surface area contributed by atoms with Crippen molar-refractivity contribution in [3.63, 3.8) is 0 Å². The quantitative estimate of drug-likeness (QED) is 0.295. The maximum Gasteiger partial charge on any atom is 0.490 e. The first-order valence-corrected chi connectivity index (χ1v) is 10.2. The molecule has 0 saturated carbocycles. The van der Waals surface area contributed by atoms with Gasteiger partial charge < -0.3 is 25.1 Å². The van der Waals surface area contributed by atoms with Gasteiger partial charge in [-0.05, 0) is 29.7 Å². The summed E-state index contributed by atoms with van der Waals surface area (Å²) in [6.07, 6.45) is -5.08. The smallest absolute Gasteiger partial charge is 0.475 e. The van der Waals surface area contributed by atoms with Crippen LogP contribution in [0.2, 0.25) is 0 Å². The van der Waals surface area contributed by atoms with Gasteiger partial charge in [0.25, 0.3) is 0 Å². The van der Waals surface area contributed by atoms with E-state index in [9.17, 15) is 27.6 Å². The fourth-order valence-electron chi connectivity index (χ4n) is 2.42. The normalized spacial score (nSPS) is 11.2. The number of ether oxygens (including phenoxy) is 3. The predicted molar refractivity (Wildman–Crippen MR) is 119 cm³/mol. The maximum absolute atomic E-state index is 12.1. The Labute approximate surface area is 204 Å². The summed E-state index contributed by atoms with van der Waals surface area (Å²) in [5.41, 5.74) is 7.59. The molecule has 3 N–H and O–H groups in total. The molecule has 0 aliphatic rings. The Hall–Kier alpha value is -4.19. The van der Waals surface area contributed by atoms with E-state index in [-0.39, 0.29) is 25.0 Å². The molecule has 0 radical (unpaired) electrons. The van der Waals surface area contributed by atoms with Crippen LogP contribution >= 0.6 is 0 Å². The number of carbonyl (C=O) groups excluding carboxylic acids is 3. The fourth-order valence-corrected chi connectivity index (χ4v) is 2.42. The van der Waals surface area contributed by atoms with E-state index in [1.807, 2.05) is 30.3 Å². The molecule has 0 aliphatic heterocycles. The summed E-state index contributed by atoms with van der Waals surface area (Å²) in [6.45, 7) is 3.64. The Bertz CT molecular complexity index is 1050. The lowest BCUT2D eigenvalue weighted by Crippen LogP contribution is -2.34. The first-order valence-electron chi connectivity index (χ1n) is 10.2. The van der Waals surface area contributed by atoms with Crippen molar-refractivity contribution in [2.24, 2.45) is 5.73 Å². The Balaban J connectivity index is 0.000000809. The van der Waals surface area contributed by atoms with Crippen LogP contribution in [-0.2, 0) is 41.7 Å². The fraction of sp³-hybridized carbons (Fsp3) is 0.250. The second-order valence-corrected chi connectivity index (χ2v) is 7.10. The second-order valence-electron chi connectivity index (χ2n) is 7.10. The van der Waals surface area contributed by atoms with Crippen molar-refractivity contribution in [1.29, 1.82) is 0 Å². The topological polar surface area (TPSA) is 142 Å². The minimum atomic E-state index is -5.08. The van der Waals surface area contributed by atoms with Gasteiger partial charge in [-0.2, -0.15) is 13.2 Å². The van der Waals surface area contributed by atoms with E-state index in [0.29, 0.717) is 5.75 Å². The van der Waals surface area contributed by atoms with Crippen molar-refractivity contribution in [1.82, 2.24) is 0 Å². The van der Waals surface area contributed by atoms with Gasteiger partial charge in [-0.15, -0.1) is 0 Å². The van der Waals surface area contributed by atoms with Crippen molar-refractivity contribution in [3.8, 4) is 5.75 Å². The highest BCUT2D eigenvalue weighted by Gasteiger charge is 2.38. The van der Waals surface area contributed by atoms with Crippen molar-refractivity contribution in [3.05, 3.63) is 77.9 Å². The van der Waals surface area contributed by atoms with Gasteiger partial charge in [0.2, 0.25) is 0 Å². The van der Waals surface area contributed by atoms with Gasteiger partial charge in [-0.3, -0.25) is 9.59 Å². The second kappa shape index (κ2) is 14.3. The van der Waals surface area contributed by atoms with Gasteiger partial charge in [0, 0.05) is 5.57 Å². The number of alkyl halides is 3. The number of hydrogen-bond acceptors (Lipinski definition) is 8. The third kappa shape index (κ3) is 11.3. The van der Waals surface area contributed by atoms with Crippen LogP contribution in [-0.4, -0.2) is 48.3 Å². The van der Waals surface area contributed by atoms with Crippen LogP contribution in [0, 0.1) is 0 Å². The number of aliphatic carboxylic acids is 1. The van der Waals surface area contributed by atoms with E-state index in [1.54, 1.807) is 24.3 Å². The number of carbonyl (C=O) groups is 4. The SMILES string of the molecule is C=C(CC(=O)Oc1ccc(CC(N)C(=O)OCc2ccccc2)cc1)C(=O)OC.O=C(O)C(F)(F)F. The van der Waals surface area contributed by atoms with Gasteiger partial charge in [0.05, 0.1) is 13.5 Å². The van der Waals surface area contributed by atoms with Crippen LogP contribution in [0.3, 0.4) is 0 Å². The molecule has 2 rings (SSSR count). The van der Waals surface area contributed by atoms with Crippen molar-refractivity contribution >= 4 is 23.9 Å². The molecule has 9 nitrogen and oxygen atoms in total. The molecular formula is C24H24F3NO8. The van der Waals surface area contributed by atoms with Crippen molar-refractivity contribution in [2.75, 3.05) is 7.11 Å². The first-order chi connectivity index (χ1) is 16.8. The zero-order chi connectivity index (χ0) is 27.3. The molecule has 194 valence electrons. The number of halogens is 3. The number of rotatable bonds is 9. The Morgan fingerprint density at radius 1 is 1.00 bits per heavy atom. The van der Waals surface area contributed by atoms with Crippen molar-refractivity contribution < 1.29 is 51.7 Å². The summed E-state index contributed by atoms with van der Waals surface area (Å²) in [5.74, 6) is -4.24. The minimum absolute atomic E-state index is 0.00843. The van der Waals surface area contributed by atoms with E-state index in [0.717, 1.165) is 11.1 Å². The standard InChI is InChI=1S/C22H23NO6.C2HF3O2/c1-15(21(25)27-2)12-20(24)29-18-10-8-16(9-11-18)13-19(23)22(26)28-14-17-6-4-3-5-7-17;3-2(4,5)1(6)7/h3-11,19H,1,12-14,23H2,2H3;(H,6,7). The highest BCUT2D eigenvalue weighted by atomic mass is 19.4. The van der Waals surface area contributed by atoms with Gasteiger partial charge in [0.1, 0.15) is 18.4 Å². The number of carboxylic acid groups (broad SMARTS) is 1. The average Bonchev–Trinajstić information content (AvgIpc) is 2.83. The number of methoxy groups -OCH3 is 1. The molecule has 0 amide bonds. The van der Waals surface area contributed by atoms with Crippen LogP contribution in [0.1, 0.15) is 17.5 Å². The molecule has 36 heavy (non-hydrogen) atoms. The molecule has 1 atom stereocenters. The molecule has 0 aromatic heterocycles. The molecule has 0 heterocycles. The largest absolute Gasteiger partial charge is 0.490 e. The summed E-state index contributed by atoms with van der Waals surface area (Å²) in [7, 11) is 1.21. The molecule has 0 bridgehead atoms. The zero-order valence-electron chi connectivity index (χ0n) is 19.1. The van der Waals surface area contributed by atoms with Gasteiger partial charge >= 0.3 is 30.1 Å². The number of carboxylic acids is 1. The van der Waals surface area contributed by atoms with Crippen LogP contribution in [0.4, 0.5) is 13.2 Å². The van der Waals surface area contributed by atoms with Crippen molar-refractivity contribution in [2.45, 2.75) is 31.7 Å². The maximum atomic E-state index is 12.1. The van der Waals surface area contributed by atoms with Crippen LogP contribution < -0.4 is 10.5 Å². The minimum Gasteiger partial charge on any atom is -0.475 e. The Morgan fingerprint density at radius 3 is 2.06 bits per heavy atom. The molecule has 2 aromatic rings. The Morgan fingerprint density at radius 2 is 1.56 bits per heavy atom. The molecule has 12 heteroatoms. The summed E-state index contributed by atoms with van der Waals surface area (Å²) < 4.78 is 46.6. The van der Waals surface area contributed by atoms with Gasteiger partial charge in [-0.25, -0.2) is 9.59 Å². The van der Waals surface area contributed by atoms with Gasteiger partial charge in [0.15, 0.2) is 0 Å². The van der Waals surface area contributed by atoms with E-state index >= 15 is 0 Å². The first kappa shape index (κ1) is 29.8. The summed E-state index contributed by atoms with van der Waals surface area (Å²) in [6, 6.07) is 15.1. The predicted octanol–water partition coefficient (Wildman–Crippen LogP) is 2.96. The van der Waals surface area contributed by atoms with E-state index < -0.39 is 36.1 Å². The zero-order valence-corrected chi connectivity index (χ0v) is 19.1. The van der Waals surface area contributed by atoms with Crippen LogP contribution in [0.5, 0.6) is 5.75 Å². The lowest BCUT2D eigenvalue weighted by atomic mass is 10.1. The molecule has 0 fully saturated rings. The third-order valence-corrected chi connectivity index (χ3v) is 4.21.